The first-order valence-corrected chi connectivity index (χ1v) is 7.80. The molecule has 1 aliphatic heterocycles. The maximum atomic E-state index is 6.40. The number of nitrogens with zero attached hydrogens (tertiary/aromatic N) is 1. The molecule has 2 nitrogen and oxygen atoms in total. The fourth-order valence-electron chi connectivity index (χ4n) is 3.04. The third kappa shape index (κ3) is 2.78. The van der Waals surface area contributed by atoms with Gasteiger partial charge in [0.05, 0.1) is 16.2 Å². The number of anilines is 1. The summed E-state index contributed by atoms with van der Waals surface area (Å²) >= 11 is 6.40. The van der Waals surface area contributed by atoms with Crippen molar-refractivity contribution in [2.45, 2.75) is 25.4 Å². The van der Waals surface area contributed by atoms with Crippen LogP contribution in [0.4, 0.5) is 5.69 Å². The van der Waals surface area contributed by atoms with Crippen molar-refractivity contribution in [1.82, 2.24) is 5.32 Å². The summed E-state index contributed by atoms with van der Waals surface area (Å²) in [5.74, 6) is 0. The average Bonchev–Trinajstić information content (AvgIpc) is 2.52. The average molecular weight is 301 g/mol. The monoisotopic (exact) mass is 300 g/mol. The Morgan fingerprint density at radius 3 is 2.48 bits per heavy atom. The second-order valence-corrected chi connectivity index (χ2v) is 6.41. The molecule has 1 saturated heterocycles. The number of nitrogens with one attached hydrogen (secondary N) is 1. The van der Waals surface area contributed by atoms with Crippen molar-refractivity contribution in [1.29, 1.82) is 0 Å². The lowest BCUT2D eigenvalue weighted by Crippen LogP contribution is -2.60. The lowest BCUT2D eigenvalue weighted by molar-refractivity contribution is 0.299. The Bertz CT molecular complexity index is 614. The van der Waals surface area contributed by atoms with Crippen LogP contribution in [0.25, 0.3) is 0 Å². The van der Waals surface area contributed by atoms with Crippen molar-refractivity contribution in [2.75, 3.05) is 18.0 Å². The van der Waals surface area contributed by atoms with E-state index in [0.29, 0.717) is 6.04 Å². The Morgan fingerprint density at radius 1 is 1.10 bits per heavy atom. The van der Waals surface area contributed by atoms with E-state index >= 15 is 0 Å². The van der Waals surface area contributed by atoms with Gasteiger partial charge in [-0.05, 0) is 31.5 Å². The zero-order valence-electron chi connectivity index (χ0n) is 12.5. The highest BCUT2D eigenvalue weighted by atomic mass is 35.5. The molecule has 0 aromatic heterocycles. The molecule has 0 saturated carbocycles. The van der Waals surface area contributed by atoms with Gasteiger partial charge in [-0.2, -0.15) is 0 Å². The van der Waals surface area contributed by atoms with Gasteiger partial charge in [0.1, 0.15) is 0 Å². The van der Waals surface area contributed by atoms with E-state index in [1.165, 1.54) is 5.56 Å². The molecule has 0 radical (unpaired) electrons. The van der Waals surface area contributed by atoms with Crippen LogP contribution in [-0.4, -0.2) is 19.1 Å². The fourth-order valence-corrected chi connectivity index (χ4v) is 3.29. The van der Waals surface area contributed by atoms with Crippen LogP contribution in [0.2, 0.25) is 5.02 Å². The van der Waals surface area contributed by atoms with E-state index < -0.39 is 0 Å². The maximum Gasteiger partial charge on any atom is 0.0639 e. The summed E-state index contributed by atoms with van der Waals surface area (Å²) in [5.41, 5.74) is 2.37. The summed E-state index contributed by atoms with van der Waals surface area (Å²) in [5, 5.41) is 4.52. The van der Waals surface area contributed by atoms with Gasteiger partial charge < -0.3 is 10.2 Å². The van der Waals surface area contributed by atoms with Crippen LogP contribution in [0.15, 0.2) is 54.6 Å². The van der Waals surface area contributed by atoms with E-state index in [-0.39, 0.29) is 5.54 Å². The van der Waals surface area contributed by atoms with E-state index in [9.17, 15) is 0 Å². The highest BCUT2D eigenvalue weighted by Gasteiger charge is 2.35. The molecule has 0 bridgehead atoms. The zero-order chi connectivity index (χ0) is 14.9. The molecule has 1 heterocycles. The molecule has 1 fully saturated rings. The van der Waals surface area contributed by atoms with Crippen molar-refractivity contribution >= 4 is 17.3 Å². The predicted octanol–water partition coefficient (Wildman–Crippen LogP) is 4.05. The van der Waals surface area contributed by atoms with Crippen LogP contribution in [0.1, 0.15) is 19.4 Å². The lowest BCUT2D eigenvalue weighted by Gasteiger charge is -2.47. The molecule has 110 valence electrons. The Kier molecular flexibility index (Phi) is 3.92. The lowest BCUT2D eigenvalue weighted by atomic mass is 9.88. The molecule has 1 aliphatic rings. The molecule has 2 aromatic rings. The number of benzene rings is 2. The molecule has 21 heavy (non-hydrogen) atoms. The number of hydrogen-bond donors (Lipinski definition) is 1. The van der Waals surface area contributed by atoms with E-state index in [0.717, 1.165) is 23.8 Å². The first-order chi connectivity index (χ1) is 10.1. The summed E-state index contributed by atoms with van der Waals surface area (Å²) in [4.78, 5) is 2.41. The molecule has 3 rings (SSSR count). The zero-order valence-corrected chi connectivity index (χ0v) is 13.3. The molecule has 3 heteroatoms. The van der Waals surface area contributed by atoms with Crippen LogP contribution in [-0.2, 0) is 5.54 Å². The smallest absolute Gasteiger partial charge is 0.0639 e. The second kappa shape index (κ2) is 5.70. The highest BCUT2D eigenvalue weighted by molar-refractivity contribution is 6.33. The molecular formula is C18H21ClN2. The highest BCUT2D eigenvalue weighted by Crippen LogP contribution is 2.33. The van der Waals surface area contributed by atoms with Crippen LogP contribution < -0.4 is 10.2 Å². The van der Waals surface area contributed by atoms with Crippen LogP contribution in [0, 0.1) is 0 Å². The first-order valence-electron chi connectivity index (χ1n) is 7.42. The van der Waals surface area contributed by atoms with E-state index in [1.54, 1.807) is 0 Å². The van der Waals surface area contributed by atoms with Gasteiger partial charge >= 0.3 is 0 Å². The number of rotatable bonds is 2. The minimum absolute atomic E-state index is 0.0626. The number of halogens is 1. The quantitative estimate of drug-likeness (QED) is 0.900. The van der Waals surface area contributed by atoms with Crippen LogP contribution >= 0.6 is 11.6 Å². The normalized spacial score (nSPS) is 25.9. The van der Waals surface area contributed by atoms with Crippen LogP contribution in [0.5, 0.6) is 0 Å². The summed E-state index contributed by atoms with van der Waals surface area (Å²) in [6, 6.07) is 19.2. The van der Waals surface area contributed by atoms with Gasteiger partial charge in [-0.3, -0.25) is 0 Å². The van der Waals surface area contributed by atoms with Crippen molar-refractivity contribution in [3.05, 3.63) is 65.2 Å². The minimum Gasteiger partial charge on any atom is -0.364 e. The van der Waals surface area contributed by atoms with Gasteiger partial charge in [0, 0.05) is 19.1 Å². The van der Waals surface area contributed by atoms with Gasteiger partial charge in [-0.15, -0.1) is 0 Å². The summed E-state index contributed by atoms with van der Waals surface area (Å²) in [6.07, 6.45) is 0. The van der Waals surface area contributed by atoms with E-state index in [2.05, 4.69) is 66.5 Å². The van der Waals surface area contributed by atoms with Crippen molar-refractivity contribution in [2.24, 2.45) is 0 Å². The molecular weight excluding hydrogens is 280 g/mol. The Hall–Kier alpha value is -1.51. The van der Waals surface area contributed by atoms with Gasteiger partial charge in [0.2, 0.25) is 0 Å². The Balaban J connectivity index is 1.94. The van der Waals surface area contributed by atoms with Gasteiger partial charge in [-0.1, -0.05) is 54.1 Å². The Labute approximate surface area is 131 Å². The topological polar surface area (TPSA) is 15.3 Å². The van der Waals surface area contributed by atoms with Gasteiger partial charge in [0.15, 0.2) is 0 Å². The van der Waals surface area contributed by atoms with E-state index in [1.807, 2.05) is 12.1 Å². The first kappa shape index (κ1) is 14.4. The predicted molar refractivity (Wildman–Crippen MR) is 90.1 cm³/mol. The van der Waals surface area contributed by atoms with Crippen molar-refractivity contribution in [3.63, 3.8) is 0 Å². The van der Waals surface area contributed by atoms with E-state index in [4.69, 9.17) is 11.6 Å². The Morgan fingerprint density at radius 2 is 1.76 bits per heavy atom. The largest absolute Gasteiger partial charge is 0.364 e. The molecule has 0 aliphatic carbocycles. The van der Waals surface area contributed by atoms with Gasteiger partial charge in [-0.25, -0.2) is 0 Å². The maximum absolute atomic E-state index is 6.40. The molecule has 2 unspecified atom stereocenters. The number of piperazine rings is 1. The summed E-state index contributed by atoms with van der Waals surface area (Å²) in [7, 11) is 0. The van der Waals surface area contributed by atoms with Gasteiger partial charge in [0.25, 0.3) is 0 Å². The molecule has 1 N–H and O–H groups in total. The molecule has 2 aromatic carbocycles. The minimum atomic E-state index is -0.0626. The number of hydrogen-bond acceptors (Lipinski definition) is 2. The summed E-state index contributed by atoms with van der Waals surface area (Å²) in [6.45, 7) is 6.34. The molecule has 0 amide bonds. The molecule has 2 atom stereocenters. The number of para-hydroxylation sites is 1. The second-order valence-electron chi connectivity index (χ2n) is 6.01. The van der Waals surface area contributed by atoms with Crippen molar-refractivity contribution in [3.8, 4) is 0 Å². The standard InChI is InChI=1S/C18H21ClN2/c1-14-12-20-18(2,15-8-4-3-5-9-15)13-21(14)17-11-7-6-10-16(17)19/h3-11,14,20H,12-13H2,1-2H3. The van der Waals surface area contributed by atoms with Crippen molar-refractivity contribution < 1.29 is 0 Å². The SMILES string of the molecule is CC1CNC(C)(c2ccccc2)CN1c1ccccc1Cl. The summed E-state index contributed by atoms with van der Waals surface area (Å²) < 4.78 is 0. The fraction of sp³-hybridized carbons (Fsp3) is 0.333. The van der Waals surface area contributed by atoms with Crippen LogP contribution in [0.3, 0.4) is 0 Å². The molecule has 0 spiro atoms. The third-order valence-electron chi connectivity index (χ3n) is 4.38. The third-order valence-corrected chi connectivity index (χ3v) is 4.70.